The Bertz CT molecular complexity index is 1050. The molecule has 2 aromatic rings. The molecule has 0 fully saturated rings. The molecule has 0 aromatic heterocycles. The number of nitrogens with one attached hydrogen (secondary N) is 1. The lowest BCUT2D eigenvalue weighted by Crippen LogP contribution is -2.44. The summed E-state index contributed by atoms with van der Waals surface area (Å²) >= 11 is 0. The topological polar surface area (TPSA) is 107 Å². The van der Waals surface area contributed by atoms with Gasteiger partial charge >= 0.3 is 5.97 Å². The fourth-order valence-electron chi connectivity index (χ4n) is 4.10. The molecule has 0 radical (unpaired) electrons. The second kappa shape index (κ2) is 15.5. The minimum absolute atomic E-state index is 0.00782. The molecular formula is C30H37NO6. The lowest BCUT2D eigenvalue weighted by molar-refractivity contribution is -0.155. The molecule has 0 aliphatic rings. The van der Waals surface area contributed by atoms with Crippen LogP contribution >= 0.6 is 0 Å². The van der Waals surface area contributed by atoms with E-state index in [-0.39, 0.29) is 31.0 Å². The van der Waals surface area contributed by atoms with Gasteiger partial charge in [0.05, 0.1) is 12.6 Å². The van der Waals surface area contributed by atoms with Crippen molar-refractivity contribution < 1.29 is 28.7 Å². The minimum atomic E-state index is -0.935. The number of rotatable bonds is 16. The first-order valence-electron chi connectivity index (χ1n) is 12.9. The second-order valence-electron chi connectivity index (χ2n) is 9.20. The molecule has 0 bridgehead atoms. The van der Waals surface area contributed by atoms with E-state index in [2.05, 4.69) is 5.32 Å². The van der Waals surface area contributed by atoms with Crippen molar-refractivity contribution in [3.63, 3.8) is 0 Å². The third-order valence-electron chi connectivity index (χ3n) is 6.27. The van der Waals surface area contributed by atoms with Gasteiger partial charge in [-0.05, 0) is 32.3 Å². The van der Waals surface area contributed by atoms with Gasteiger partial charge in [-0.2, -0.15) is 0 Å². The van der Waals surface area contributed by atoms with Crippen molar-refractivity contribution in [3.8, 4) is 0 Å². The third-order valence-corrected chi connectivity index (χ3v) is 6.27. The van der Waals surface area contributed by atoms with Crippen molar-refractivity contribution in [2.45, 2.75) is 65.3 Å². The summed E-state index contributed by atoms with van der Waals surface area (Å²) in [6.07, 6.45) is 2.06. The first-order chi connectivity index (χ1) is 17.8. The highest BCUT2D eigenvalue weighted by Gasteiger charge is 2.31. The van der Waals surface area contributed by atoms with Gasteiger partial charge in [0.25, 0.3) is 0 Å². The molecule has 2 aromatic carbocycles. The Morgan fingerprint density at radius 2 is 1.46 bits per heavy atom. The molecule has 37 heavy (non-hydrogen) atoms. The number of ketones is 3. The van der Waals surface area contributed by atoms with E-state index in [1.54, 1.807) is 38.1 Å². The number of hydrogen-bond acceptors (Lipinski definition) is 6. The van der Waals surface area contributed by atoms with E-state index in [1.165, 1.54) is 0 Å². The largest absolute Gasteiger partial charge is 0.460 e. The number of benzene rings is 2. The highest BCUT2D eigenvalue weighted by atomic mass is 16.5. The molecular weight excluding hydrogens is 470 g/mol. The van der Waals surface area contributed by atoms with Crippen molar-refractivity contribution >= 4 is 29.2 Å². The molecule has 198 valence electrons. The number of unbranched alkanes of at least 4 members (excludes halogenated alkanes) is 1. The molecule has 7 nitrogen and oxygen atoms in total. The smallest absolute Gasteiger partial charge is 0.374 e. The van der Waals surface area contributed by atoms with Crippen LogP contribution in [0.1, 0.15) is 68.8 Å². The Labute approximate surface area is 219 Å². The molecule has 0 saturated carbocycles. The quantitative estimate of drug-likeness (QED) is 0.203. The van der Waals surface area contributed by atoms with Gasteiger partial charge in [-0.15, -0.1) is 0 Å². The maximum absolute atomic E-state index is 13.3. The van der Waals surface area contributed by atoms with Gasteiger partial charge in [-0.25, -0.2) is 4.79 Å². The molecule has 0 spiro atoms. The molecule has 1 amide bonds. The summed E-state index contributed by atoms with van der Waals surface area (Å²) in [4.78, 5) is 63.6. The first-order valence-corrected chi connectivity index (χ1v) is 12.9. The number of carbonyl (C=O) groups excluding carboxylic acids is 5. The number of esters is 1. The van der Waals surface area contributed by atoms with Crippen molar-refractivity contribution in [1.29, 1.82) is 0 Å². The summed E-state index contributed by atoms with van der Waals surface area (Å²) in [7, 11) is 0. The van der Waals surface area contributed by atoms with Crippen LogP contribution in [0.25, 0.3) is 0 Å². The predicted octanol–water partition coefficient (Wildman–Crippen LogP) is 4.52. The van der Waals surface area contributed by atoms with Crippen molar-refractivity contribution in [3.05, 3.63) is 71.8 Å². The van der Waals surface area contributed by atoms with E-state index in [1.807, 2.05) is 43.3 Å². The Morgan fingerprint density at radius 3 is 2.05 bits per heavy atom. The van der Waals surface area contributed by atoms with Crippen LogP contribution in [0.5, 0.6) is 0 Å². The highest BCUT2D eigenvalue weighted by molar-refractivity contribution is 6.34. The van der Waals surface area contributed by atoms with Crippen molar-refractivity contribution in [2.24, 2.45) is 11.8 Å². The zero-order chi connectivity index (χ0) is 27.2. The van der Waals surface area contributed by atoms with Gasteiger partial charge in [0.1, 0.15) is 0 Å². The average molecular weight is 508 g/mol. The van der Waals surface area contributed by atoms with E-state index in [0.29, 0.717) is 24.8 Å². The number of amides is 1. The molecule has 0 heterocycles. The summed E-state index contributed by atoms with van der Waals surface area (Å²) in [5.41, 5.74) is 1.43. The summed E-state index contributed by atoms with van der Waals surface area (Å²) in [6, 6.07) is 17.3. The molecule has 0 saturated heterocycles. The maximum Gasteiger partial charge on any atom is 0.374 e. The Balaban J connectivity index is 2.11. The number of Topliss-reactive ketones (excluding diaryl/α,β-unsaturated/α-hetero) is 3. The van der Waals surface area contributed by atoms with Gasteiger partial charge in [-0.3, -0.25) is 19.2 Å². The zero-order valence-corrected chi connectivity index (χ0v) is 21.9. The highest BCUT2D eigenvalue weighted by Crippen LogP contribution is 2.19. The van der Waals surface area contributed by atoms with Crippen LogP contribution in [0.15, 0.2) is 60.7 Å². The Kier molecular flexibility index (Phi) is 12.4. The molecule has 1 N–H and O–H groups in total. The average Bonchev–Trinajstić information content (AvgIpc) is 2.91. The number of hydrogen-bond donors (Lipinski definition) is 1. The van der Waals surface area contributed by atoms with Crippen molar-refractivity contribution in [1.82, 2.24) is 5.32 Å². The lowest BCUT2D eigenvalue weighted by Gasteiger charge is -2.21. The van der Waals surface area contributed by atoms with Gasteiger partial charge < -0.3 is 10.1 Å². The molecule has 1 unspecified atom stereocenters. The van der Waals surface area contributed by atoms with E-state index < -0.39 is 35.5 Å². The number of ether oxygens (including phenoxy) is 1. The van der Waals surface area contributed by atoms with Gasteiger partial charge in [0.15, 0.2) is 11.6 Å². The van der Waals surface area contributed by atoms with Gasteiger partial charge in [0.2, 0.25) is 11.7 Å². The Morgan fingerprint density at radius 1 is 0.838 bits per heavy atom. The Hall–Kier alpha value is -3.61. The van der Waals surface area contributed by atoms with E-state index in [9.17, 15) is 24.0 Å². The standard InChI is InChI=1S/C30H37NO6/c1-4-6-15-24(28(34)30(36)37-5-2)19-26(32)21(3)31-29(35)25(18-22-13-9-7-10-14-22)20-27(33)23-16-11-8-12-17-23/h7-14,16-17,21,24-25H,4-6,15,18-20H2,1-3H3,(H,31,35)/t21-,24?,25+/m0/s1. The number of carbonyl (C=O) groups is 5. The van der Waals surface area contributed by atoms with Crippen LogP contribution in [0, 0.1) is 11.8 Å². The van der Waals surface area contributed by atoms with E-state index in [4.69, 9.17) is 4.74 Å². The van der Waals surface area contributed by atoms with Crippen LogP contribution in [-0.2, 0) is 30.3 Å². The van der Waals surface area contributed by atoms with E-state index in [0.717, 1.165) is 12.0 Å². The minimum Gasteiger partial charge on any atom is -0.460 e. The normalized spacial score (nSPS) is 13.2. The summed E-state index contributed by atoms with van der Waals surface area (Å²) in [5, 5.41) is 2.74. The fraction of sp³-hybridized carbons (Fsp3) is 0.433. The second-order valence-corrected chi connectivity index (χ2v) is 9.20. The van der Waals surface area contributed by atoms with Gasteiger partial charge in [0, 0.05) is 30.2 Å². The summed E-state index contributed by atoms with van der Waals surface area (Å²) in [6.45, 7) is 5.21. The van der Waals surface area contributed by atoms with Crippen LogP contribution < -0.4 is 5.32 Å². The van der Waals surface area contributed by atoms with Crippen LogP contribution in [0.4, 0.5) is 0 Å². The zero-order valence-electron chi connectivity index (χ0n) is 21.9. The fourth-order valence-corrected chi connectivity index (χ4v) is 4.10. The van der Waals surface area contributed by atoms with Crippen LogP contribution in [0.2, 0.25) is 0 Å². The first kappa shape index (κ1) is 29.6. The predicted molar refractivity (Wildman–Crippen MR) is 141 cm³/mol. The molecule has 7 heteroatoms. The summed E-state index contributed by atoms with van der Waals surface area (Å²) < 4.78 is 4.83. The lowest BCUT2D eigenvalue weighted by atomic mass is 9.89. The maximum atomic E-state index is 13.3. The molecule has 0 aliphatic heterocycles. The SMILES string of the molecule is CCCCC(CC(=O)[C@H](C)NC(=O)[C@@H](CC(=O)c1ccccc1)Cc1ccccc1)C(=O)C(=O)OCC. The van der Waals surface area contributed by atoms with Crippen molar-refractivity contribution in [2.75, 3.05) is 6.61 Å². The molecule has 3 atom stereocenters. The third kappa shape index (κ3) is 9.75. The molecule has 2 rings (SSSR count). The monoisotopic (exact) mass is 507 g/mol. The molecule has 0 aliphatic carbocycles. The van der Waals surface area contributed by atoms with E-state index >= 15 is 0 Å². The van der Waals surface area contributed by atoms with Crippen LogP contribution in [-0.4, -0.2) is 41.9 Å². The van der Waals surface area contributed by atoms with Crippen LogP contribution in [0.3, 0.4) is 0 Å². The van der Waals surface area contributed by atoms with Gasteiger partial charge in [-0.1, -0.05) is 80.4 Å². The summed E-state index contributed by atoms with van der Waals surface area (Å²) in [5.74, 6) is -4.02.